The molecule has 0 unspecified atom stereocenters. The first kappa shape index (κ1) is 19.8. The van der Waals surface area contributed by atoms with Crippen LogP contribution in [-0.2, 0) is 11.3 Å². The molecule has 0 aliphatic carbocycles. The molecule has 30 heavy (non-hydrogen) atoms. The number of hydrogen-bond donors (Lipinski definition) is 1. The maximum Gasteiger partial charge on any atom is 0.264 e. The van der Waals surface area contributed by atoms with Crippen LogP contribution in [-0.4, -0.2) is 20.7 Å². The molecular formula is C22H20F2N4O2. The molecule has 3 heterocycles. The highest BCUT2D eigenvalue weighted by atomic mass is 19.3. The van der Waals surface area contributed by atoms with Crippen LogP contribution in [0.4, 0.5) is 14.5 Å². The third-order valence-corrected chi connectivity index (χ3v) is 5.00. The second kappa shape index (κ2) is 7.70. The molecule has 0 aliphatic heterocycles. The number of furan rings is 1. The van der Waals surface area contributed by atoms with Gasteiger partial charge in [-0.3, -0.25) is 4.79 Å². The van der Waals surface area contributed by atoms with Gasteiger partial charge in [-0.1, -0.05) is 6.07 Å². The number of halogens is 2. The van der Waals surface area contributed by atoms with Crippen LogP contribution >= 0.6 is 0 Å². The fourth-order valence-corrected chi connectivity index (χ4v) is 3.38. The van der Waals surface area contributed by atoms with E-state index in [0.717, 1.165) is 11.1 Å². The van der Waals surface area contributed by atoms with Crippen LogP contribution in [0.1, 0.15) is 28.8 Å². The summed E-state index contributed by atoms with van der Waals surface area (Å²) < 4.78 is 34.2. The molecule has 0 fully saturated rings. The van der Waals surface area contributed by atoms with Crippen molar-refractivity contribution < 1.29 is 18.0 Å². The molecule has 1 aromatic carbocycles. The highest BCUT2D eigenvalue weighted by Crippen LogP contribution is 2.33. The Labute approximate surface area is 171 Å². The zero-order chi connectivity index (χ0) is 21.4. The third-order valence-electron chi connectivity index (χ3n) is 5.00. The Kier molecular flexibility index (Phi) is 5.07. The Morgan fingerprint density at radius 2 is 1.97 bits per heavy atom. The van der Waals surface area contributed by atoms with E-state index >= 15 is 0 Å². The molecule has 8 heteroatoms. The predicted molar refractivity (Wildman–Crippen MR) is 109 cm³/mol. The molecule has 4 aromatic rings. The van der Waals surface area contributed by atoms with E-state index in [1.54, 1.807) is 19.1 Å². The van der Waals surface area contributed by atoms with Crippen molar-refractivity contribution in [2.24, 2.45) is 0 Å². The Morgan fingerprint density at radius 1 is 1.17 bits per heavy atom. The number of amides is 1. The lowest BCUT2D eigenvalue weighted by atomic mass is 10.1. The predicted octanol–water partition coefficient (Wildman–Crippen LogP) is 5.19. The average Bonchev–Trinajstić information content (AvgIpc) is 3.33. The maximum atomic E-state index is 13.8. The van der Waals surface area contributed by atoms with Gasteiger partial charge in [0.25, 0.3) is 6.43 Å². The van der Waals surface area contributed by atoms with Gasteiger partial charge in [-0.25, -0.2) is 18.4 Å². The highest BCUT2D eigenvalue weighted by molar-refractivity contribution is 5.92. The average molecular weight is 410 g/mol. The molecule has 3 aromatic heterocycles. The quantitative estimate of drug-likeness (QED) is 0.491. The largest absolute Gasteiger partial charge is 0.463 e. The molecule has 1 N–H and O–H groups in total. The molecule has 4 rings (SSSR count). The lowest BCUT2D eigenvalue weighted by molar-refractivity contribution is -0.116. The Balaban J connectivity index is 1.71. The van der Waals surface area contributed by atoms with E-state index < -0.39 is 6.43 Å². The molecule has 0 radical (unpaired) electrons. The molecule has 1 amide bonds. The smallest absolute Gasteiger partial charge is 0.264 e. The van der Waals surface area contributed by atoms with Crippen LogP contribution in [0.15, 0.2) is 47.1 Å². The fourth-order valence-electron chi connectivity index (χ4n) is 3.38. The molecule has 6 nitrogen and oxygen atoms in total. The van der Waals surface area contributed by atoms with Crippen LogP contribution in [0.5, 0.6) is 0 Å². The number of nitrogens with zero attached hydrogens (tertiary/aromatic N) is 3. The van der Waals surface area contributed by atoms with Gasteiger partial charge < -0.3 is 9.73 Å². The number of anilines is 1. The Bertz CT molecular complexity index is 1230. The van der Waals surface area contributed by atoms with E-state index in [4.69, 9.17) is 4.42 Å². The van der Waals surface area contributed by atoms with E-state index in [9.17, 15) is 13.6 Å². The maximum absolute atomic E-state index is 13.8. The number of carbonyl (C=O) groups is 1. The van der Waals surface area contributed by atoms with E-state index in [2.05, 4.69) is 15.4 Å². The lowest BCUT2D eigenvalue weighted by Gasteiger charge is -2.09. The normalized spacial score (nSPS) is 11.4. The summed E-state index contributed by atoms with van der Waals surface area (Å²) in [5.41, 5.74) is 3.51. The van der Waals surface area contributed by atoms with Crippen molar-refractivity contribution in [3.63, 3.8) is 0 Å². The standard InChI is InChI=1S/C22H20F2N4O2/c1-12-6-7-15(9-13(12)2)25-19(29)11-28-22-20(14(3)27-28)16(21(23)24)10-17(26-22)18-5-4-8-30-18/h4-10,21H,11H2,1-3H3,(H,25,29). The van der Waals surface area contributed by atoms with E-state index in [0.29, 0.717) is 17.1 Å². The van der Waals surface area contributed by atoms with Gasteiger partial charge in [0, 0.05) is 11.3 Å². The van der Waals surface area contributed by atoms with Crippen LogP contribution in [0.3, 0.4) is 0 Å². The lowest BCUT2D eigenvalue weighted by Crippen LogP contribution is -2.20. The van der Waals surface area contributed by atoms with Gasteiger partial charge in [0.1, 0.15) is 12.2 Å². The number of alkyl halides is 2. The van der Waals surface area contributed by atoms with Gasteiger partial charge in [0.05, 0.1) is 17.3 Å². The summed E-state index contributed by atoms with van der Waals surface area (Å²) in [6.45, 7) is 5.42. The van der Waals surface area contributed by atoms with E-state index in [1.165, 1.54) is 17.0 Å². The summed E-state index contributed by atoms with van der Waals surface area (Å²) in [7, 11) is 0. The first-order valence-electron chi connectivity index (χ1n) is 9.40. The highest BCUT2D eigenvalue weighted by Gasteiger charge is 2.22. The fraction of sp³-hybridized carbons (Fsp3) is 0.227. The number of pyridine rings is 1. The number of rotatable bonds is 5. The van der Waals surface area contributed by atoms with Gasteiger partial charge in [-0.15, -0.1) is 0 Å². The molecule has 0 aliphatic rings. The van der Waals surface area contributed by atoms with Crippen molar-refractivity contribution in [2.45, 2.75) is 33.7 Å². The summed E-state index contributed by atoms with van der Waals surface area (Å²) in [6, 6.07) is 10.2. The van der Waals surface area contributed by atoms with Crippen molar-refractivity contribution >= 4 is 22.6 Å². The topological polar surface area (TPSA) is 73.0 Å². The molecule has 0 atom stereocenters. The first-order chi connectivity index (χ1) is 14.3. The molecule has 0 saturated carbocycles. The third kappa shape index (κ3) is 3.68. The number of nitrogens with one attached hydrogen (secondary N) is 1. The minimum absolute atomic E-state index is 0.158. The number of aromatic nitrogens is 3. The van der Waals surface area contributed by atoms with Crippen LogP contribution in [0, 0.1) is 20.8 Å². The summed E-state index contributed by atoms with van der Waals surface area (Å²) in [5.74, 6) is 0.0373. The van der Waals surface area contributed by atoms with Crippen LogP contribution < -0.4 is 5.32 Å². The number of hydrogen-bond acceptors (Lipinski definition) is 4. The minimum Gasteiger partial charge on any atom is -0.463 e. The monoisotopic (exact) mass is 410 g/mol. The molecule has 0 saturated heterocycles. The Morgan fingerprint density at radius 3 is 2.63 bits per heavy atom. The van der Waals surface area contributed by atoms with Crippen LogP contribution in [0.2, 0.25) is 0 Å². The number of carbonyl (C=O) groups excluding carboxylic acids is 1. The summed E-state index contributed by atoms with van der Waals surface area (Å²) in [4.78, 5) is 17.1. The number of benzene rings is 1. The van der Waals surface area contributed by atoms with Crippen molar-refractivity contribution in [2.75, 3.05) is 5.32 Å². The summed E-state index contributed by atoms with van der Waals surface area (Å²) >= 11 is 0. The summed E-state index contributed by atoms with van der Waals surface area (Å²) in [6.07, 6.45) is -1.27. The van der Waals surface area contributed by atoms with Crippen molar-refractivity contribution in [1.29, 1.82) is 0 Å². The van der Waals surface area contributed by atoms with E-state index in [1.807, 2.05) is 32.0 Å². The molecular weight excluding hydrogens is 390 g/mol. The van der Waals surface area contributed by atoms with Crippen LogP contribution in [0.25, 0.3) is 22.5 Å². The van der Waals surface area contributed by atoms with Crippen molar-refractivity contribution in [3.05, 3.63) is 65.0 Å². The van der Waals surface area contributed by atoms with Crippen molar-refractivity contribution in [3.8, 4) is 11.5 Å². The minimum atomic E-state index is -2.72. The molecule has 154 valence electrons. The van der Waals surface area contributed by atoms with Gasteiger partial charge in [-0.05, 0) is 62.2 Å². The zero-order valence-electron chi connectivity index (χ0n) is 16.7. The number of aryl methyl sites for hydroxylation is 3. The molecule has 0 spiro atoms. The van der Waals surface area contributed by atoms with E-state index in [-0.39, 0.29) is 34.7 Å². The Hall–Kier alpha value is -3.55. The number of fused-ring (bicyclic) bond motifs is 1. The van der Waals surface area contributed by atoms with Gasteiger partial charge in [-0.2, -0.15) is 5.10 Å². The van der Waals surface area contributed by atoms with Crippen molar-refractivity contribution in [1.82, 2.24) is 14.8 Å². The summed E-state index contributed by atoms with van der Waals surface area (Å²) in [5, 5.41) is 7.36. The van der Waals surface area contributed by atoms with Gasteiger partial charge >= 0.3 is 0 Å². The second-order valence-electron chi connectivity index (χ2n) is 7.16. The van der Waals surface area contributed by atoms with Gasteiger partial charge in [0.15, 0.2) is 11.4 Å². The molecule has 0 bridgehead atoms. The zero-order valence-corrected chi connectivity index (χ0v) is 16.7. The second-order valence-corrected chi connectivity index (χ2v) is 7.16. The SMILES string of the molecule is Cc1ccc(NC(=O)Cn2nc(C)c3c(C(F)F)cc(-c4ccco4)nc32)cc1C. The van der Waals surface area contributed by atoms with Gasteiger partial charge in [0.2, 0.25) is 5.91 Å². The first-order valence-corrected chi connectivity index (χ1v) is 9.40.